The first-order valence-electron chi connectivity index (χ1n) is 4.77. The van der Waals surface area contributed by atoms with Crippen molar-refractivity contribution in [2.45, 2.75) is 25.4 Å². The van der Waals surface area contributed by atoms with E-state index in [-0.39, 0.29) is 0 Å². The molecule has 0 radical (unpaired) electrons. The Morgan fingerprint density at radius 1 is 1.50 bits per heavy atom. The molecule has 1 aliphatic rings. The third-order valence-corrected chi connectivity index (χ3v) is 2.79. The van der Waals surface area contributed by atoms with Gasteiger partial charge in [0, 0.05) is 12.3 Å². The summed E-state index contributed by atoms with van der Waals surface area (Å²) in [4.78, 5) is 4.20. The van der Waals surface area contributed by atoms with Crippen molar-refractivity contribution < 1.29 is 9.52 Å². The fourth-order valence-corrected chi connectivity index (χ4v) is 1.66. The first kappa shape index (κ1) is 8.00. The lowest BCUT2D eigenvalue weighted by Gasteiger charge is -2.00. The molecule has 2 heterocycles. The molecular formula is C11H11NO2. The number of hydrogen-bond donors (Lipinski definition) is 1. The number of hydrogen-bond acceptors (Lipinski definition) is 3. The third kappa shape index (κ3) is 0.990. The van der Waals surface area contributed by atoms with Crippen molar-refractivity contribution in [3.05, 3.63) is 29.7 Å². The molecule has 0 aromatic carbocycles. The molecule has 0 bridgehead atoms. The molecule has 72 valence electrons. The van der Waals surface area contributed by atoms with Crippen molar-refractivity contribution in [2.75, 3.05) is 0 Å². The Hall–Kier alpha value is -1.35. The van der Waals surface area contributed by atoms with E-state index in [1.807, 2.05) is 19.1 Å². The Morgan fingerprint density at radius 2 is 2.29 bits per heavy atom. The molecule has 1 N–H and O–H groups in total. The highest BCUT2D eigenvalue weighted by Crippen LogP contribution is 2.46. The Kier molecular flexibility index (Phi) is 1.35. The molecule has 3 heteroatoms. The van der Waals surface area contributed by atoms with Crippen LogP contribution in [-0.4, -0.2) is 10.1 Å². The number of pyridine rings is 1. The van der Waals surface area contributed by atoms with Crippen LogP contribution in [-0.2, 0) is 5.60 Å². The normalized spacial score (nSPS) is 18.7. The van der Waals surface area contributed by atoms with Crippen molar-refractivity contribution >= 4 is 11.1 Å². The Balaban J connectivity index is 2.25. The average molecular weight is 189 g/mol. The van der Waals surface area contributed by atoms with Crippen LogP contribution in [0.5, 0.6) is 0 Å². The SMILES string of the molecule is Cc1ccnc2cc(C3(O)CC3)oc12. The summed E-state index contributed by atoms with van der Waals surface area (Å²) in [5, 5.41) is 9.87. The van der Waals surface area contributed by atoms with Crippen LogP contribution in [0.15, 0.2) is 22.7 Å². The van der Waals surface area contributed by atoms with Gasteiger partial charge in [-0.15, -0.1) is 0 Å². The number of nitrogens with zero attached hydrogens (tertiary/aromatic N) is 1. The highest BCUT2D eigenvalue weighted by atomic mass is 16.4. The molecule has 3 nitrogen and oxygen atoms in total. The first-order valence-corrected chi connectivity index (χ1v) is 4.77. The molecule has 0 atom stereocenters. The molecule has 0 unspecified atom stereocenters. The third-order valence-electron chi connectivity index (χ3n) is 2.79. The fourth-order valence-electron chi connectivity index (χ4n) is 1.66. The highest BCUT2D eigenvalue weighted by Gasteiger charge is 2.45. The summed E-state index contributed by atoms with van der Waals surface area (Å²) in [6.07, 6.45) is 3.35. The van der Waals surface area contributed by atoms with Crippen molar-refractivity contribution in [2.24, 2.45) is 0 Å². The van der Waals surface area contributed by atoms with Gasteiger partial charge in [-0.05, 0) is 31.4 Å². The molecule has 2 aromatic rings. The zero-order chi connectivity index (χ0) is 9.76. The molecule has 1 aliphatic carbocycles. The summed E-state index contributed by atoms with van der Waals surface area (Å²) < 4.78 is 5.61. The van der Waals surface area contributed by atoms with Crippen LogP contribution < -0.4 is 0 Å². The van der Waals surface area contributed by atoms with Crippen molar-refractivity contribution in [3.8, 4) is 0 Å². The first-order chi connectivity index (χ1) is 6.69. The van der Waals surface area contributed by atoms with E-state index in [2.05, 4.69) is 4.98 Å². The summed E-state index contributed by atoms with van der Waals surface area (Å²) in [7, 11) is 0. The smallest absolute Gasteiger partial charge is 0.155 e. The molecule has 0 aliphatic heterocycles. The number of fused-ring (bicyclic) bond motifs is 1. The largest absolute Gasteiger partial charge is 0.456 e. The van der Waals surface area contributed by atoms with Gasteiger partial charge in [-0.3, -0.25) is 4.98 Å². The van der Waals surface area contributed by atoms with Gasteiger partial charge in [0.1, 0.15) is 16.9 Å². The van der Waals surface area contributed by atoms with Gasteiger partial charge in [-0.2, -0.15) is 0 Å². The number of furan rings is 1. The lowest BCUT2D eigenvalue weighted by molar-refractivity contribution is 0.125. The van der Waals surface area contributed by atoms with Gasteiger partial charge >= 0.3 is 0 Å². The minimum absolute atomic E-state index is 0.661. The summed E-state index contributed by atoms with van der Waals surface area (Å²) >= 11 is 0. The molecule has 2 aromatic heterocycles. The van der Waals surface area contributed by atoms with Crippen LogP contribution in [0.3, 0.4) is 0 Å². The van der Waals surface area contributed by atoms with E-state index in [1.165, 1.54) is 0 Å². The van der Waals surface area contributed by atoms with Crippen LogP contribution >= 0.6 is 0 Å². The van der Waals surface area contributed by atoms with Gasteiger partial charge in [0.05, 0.1) is 0 Å². The van der Waals surface area contributed by atoms with Crippen LogP contribution in [0, 0.1) is 6.92 Å². The maximum Gasteiger partial charge on any atom is 0.155 e. The summed E-state index contributed by atoms with van der Waals surface area (Å²) in [6, 6.07) is 3.75. The minimum atomic E-state index is -0.701. The van der Waals surface area contributed by atoms with E-state index in [4.69, 9.17) is 4.42 Å². The monoisotopic (exact) mass is 189 g/mol. The van der Waals surface area contributed by atoms with Gasteiger partial charge in [-0.25, -0.2) is 0 Å². The van der Waals surface area contributed by atoms with Gasteiger partial charge in [0.15, 0.2) is 5.58 Å². The number of aromatic nitrogens is 1. The van der Waals surface area contributed by atoms with E-state index < -0.39 is 5.60 Å². The molecular weight excluding hydrogens is 178 g/mol. The zero-order valence-corrected chi connectivity index (χ0v) is 7.95. The molecule has 0 spiro atoms. The van der Waals surface area contributed by atoms with E-state index >= 15 is 0 Å². The fraction of sp³-hybridized carbons (Fsp3) is 0.364. The standard InChI is InChI=1S/C11H11NO2/c1-7-2-5-12-8-6-9(14-10(7)8)11(13)3-4-11/h2,5-6,13H,3-4H2,1H3. The molecule has 1 saturated carbocycles. The van der Waals surface area contributed by atoms with Gasteiger partial charge in [0.2, 0.25) is 0 Å². The predicted molar refractivity (Wildman–Crippen MR) is 51.9 cm³/mol. The summed E-state index contributed by atoms with van der Waals surface area (Å²) in [5.74, 6) is 0.661. The maximum atomic E-state index is 9.87. The van der Waals surface area contributed by atoms with Gasteiger partial charge in [-0.1, -0.05) is 0 Å². The molecule has 0 saturated heterocycles. The zero-order valence-electron chi connectivity index (χ0n) is 7.95. The van der Waals surface area contributed by atoms with E-state index in [0.29, 0.717) is 5.76 Å². The molecule has 14 heavy (non-hydrogen) atoms. The number of aliphatic hydroxyl groups is 1. The van der Waals surface area contributed by atoms with Crippen LogP contribution in [0.1, 0.15) is 24.2 Å². The molecule has 3 rings (SSSR count). The second-order valence-corrected chi connectivity index (χ2v) is 3.98. The molecule has 1 fully saturated rings. The topological polar surface area (TPSA) is 46.3 Å². The predicted octanol–water partition coefficient (Wildman–Crippen LogP) is 2.12. The van der Waals surface area contributed by atoms with Crippen LogP contribution in [0.2, 0.25) is 0 Å². The highest BCUT2D eigenvalue weighted by molar-refractivity contribution is 5.76. The Labute approximate surface area is 81.4 Å². The van der Waals surface area contributed by atoms with Gasteiger partial charge in [0.25, 0.3) is 0 Å². The maximum absolute atomic E-state index is 9.87. The van der Waals surface area contributed by atoms with Crippen LogP contribution in [0.25, 0.3) is 11.1 Å². The van der Waals surface area contributed by atoms with E-state index in [9.17, 15) is 5.11 Å². The Bertz CT molecular complexity index is 497. The lowest BCUT2D eigenvalue weighted by atomic mass is 10.2. The van der Waals surface area contributed by atoms with Crippen molar-refractivity contribution in [1.82, 2.24) is 4.98 Å². The van der Waals surface area contributed by atoms with E-state index in [0.717, 1.165) is 29.5 Å². The summed E-state index contributed by atoms with van der Waals surface area (Å²) in [5.41, 5.74) is 1.99. The van der Waals surface area contributed by atoms with Crippen molar-refractivity contribution in [1.29, 1.82) is 0 Å². The number of rotatable bonds is 1. The van der Waals surface area contributed by atoms with Crippen LogP contribution in [0.4, 0.5) is 0 Å². The van der Waals surface area contributed by atoms with Gasteiger partial charge < -0.3 is 9.52 Å². The second kappa shape index (κ2) is 2.36. The van der Waals surface area contributed by atoms with E-state index in [1.54, 1.807) is 6.20 Å². The van der Waals surface area contributed by atoms with Crippen molar-refractivity contribution in [3.63, 3.8) is 0 Å². The Morgan fingerprint density at radius 3 is 2.93 bits per heavy atom. The molecule has 0 amide bonds. The average Bonchev–Trinajstić information content (AvgIpc) is 2.77. The summed E-state index contributed by atoms with van der Waals surface area (Å²) in [6.45, 7) is 1.98. The lowest BCUT2D eigenvalue weighted by Crippen LogP contribution is -2.01. The number of aryl methyl sites for hydroxylation is 1. The quantitative estimate of drug-likeness (QED) is 0.747. The second-order valence-electron chi connectivity index (χ2n) is 3.98. The minimum Gasteiger partial charge on any atom is -0.456 e.